The Labute approximate surface area is 120 Å². The molecule has 1 aromatic carbocycles. The van der Waals surface area contributed by atoms with Gasteiger partial charge in [0.1, 0.15) is 13.2 Å². The molecule has 0 saturated heterocycles. The molecule has 5 heteroatoms. The van der Waals surface area contributed by atoms with E-state index in [2.05, 4.69) is 15.9 Å². The van der Waals surface area contributed by atoms with E-state index in [-0.39, 0.29) is 0 Å². The highest BCUT2D eigenvalue weighted by atomic mass is 79.9. The van der Waals surface area contributed by atoms with Crippen molar-refractivity contribution in [2.75, 3.05) is 13.2 Å². The summed E-state index contributed by atoms with van der Waals surface area (Å²) in [6.45, 7) is 6.45. The van der Waals surface area contributed by atoms with Crippen LogP contribution in [0, 0.1) is 12.3 Å². The highest BCUT2D eigenvalue weighted by Gasteiger charge is 2.30. The fourth-order valence-electron chi connectivity index (χ4n) is 2.02. The third-order valence-corrected chi connectivity index (χ3v) is 4.29. The molecule has 1 heterocycles. The number of carbonyl (C=O) groups is 1. The van der Waals surface area contributed by atoms with Crippen molar-refractivity contribution < 1.29 is 19.4 Å². The summed E-state index contributed by atoms with van der Waals surface area (Å²) in [6.07, 6.45) is 0.448. The number of hydrogen-bond acceptors (Lipinski definition) is 3. The first-order valence-corrected chi connectivity index (χ1v) is 6.93. The van der Waals surface area contributed by atoms with Gasteiger partial charge in [-0.3, -0.25) is 4.79 Å². The molecular formula is C14H17BrO4. The largest absolute Gasteiger partial charge is 0.486 e. The molecule has 0 bridgehead atoms. The normalized spacial score (nSPS) is 14.3. The second-order valence-electron chi connectivity index (χ2n) is 5.36. The van der Waals surface area contributed by atoms with Gasteiger partial charge in [-0.15, -0.1) is 0 Å². The van der Waals surface area contributed by atoms with Crippen molar-refractivity contribution in [3.8, 4) is 11.5 Å². The van der Waals surface area contributed by atoms with Crippen molar-refractivity contribution in [1.29, 1.82) is 0 Å². The minimum atomic E-state index is -0.812. The second-order valence-corrected chi connectivity index (χ2v) is 6.16. The highest BCUT2D eigenvalue weighted by molar-refractivity contribution is 9.10. The predicted molar refractivity (Wildman–Crippen MR) is 75.0 cm³/mol. The predicted octanol–water partition coefficient (Wildman–Crippen LogP) is 3.18. The Morgan fingerprint density at radius 1 is 1.42 bits per heavy atom. The van der Waals surface area contributed by atoms with Gasteiger partial charge in [-0.05, 0) is 60.3 Å². The number of ether oxygens (including phenoxy) is 2. The quantitative estimate of drug-likeness (QED) is 0.925. The van der Waals surface area contributed by atoms with Crippen molar-refractivity contribution in [2.24, 2.45) is 5.41 Å². The van der Waals surface area contributed by atoms with Crippen molar-refractivity contribution >= 4 is 21.9 Å². The number of carboxylic acids is 1. The summed E-state index contributed by atoms with van der Waals surface area (Å²) >= 11 is 3.51. The van der Waals surface area contributed by atoms with Crippen molar-refractivity contribution in [3.63, 3.8) is 0 Å². The van der Waals surface area contributed by atoms with Crippen LogP contribution in [0.25, 0.3) is 0 Å². The summed E-state index contributed by atoms with van der Waals surface area (Å²) in [6, 6.07) is 1.89. The fraction of sp³-hybridized carbons (Fsp3) is 0.500. The van der Waals surface area contributed by atoms with E-state index in [1.807, 2.05) is 13.0 Å². The van der Waals surface area contributed by atoms with Gasteiger partial charge in [0.05, 0.1) is 9.89 Å². The molecule has 0 radical (unpaired) electrons. The van der Waals surface area contributed by atoms with E-state index in [0.717, 1.165) is 15.6 Å². The second kappa shape index (κ2) is 5.04. The molecule has 0 saturated carbocycles. The van der Waals surface area contributed by atoms with Gasteiger partial charge in [-0.25, -0.2) is 0 Å². The molecule has 0 amide bonds. The molecule has 0 spiro atoms. The van der Waals surface area contributed by atoms with Crippen LogP contribution < -0.4 is 9.47 Å². The minimum absolute atomic E-state index is 0.448. The number of aliphatic carboxylic acids is 1. The van der Waals surface area contributed by atoms with Crippen LogP contribution in [0.2, 0.25) is 0 Å². The molecule has 1 aromatic rings. The van der Waals surface area contributed by atoms with Gasteiger partial charge in [-0.1, -0.05) is 0 Å². The van der Waals surface area contributed by atoms with Crippen molar-refractivity contribution in [1.82, 2.24) is 0 Å². The molecule has 1 N–H and O–H groups in total. The van der Waals surface area contributed by atoms with Crippen LogP contribution in [-0.4, -0.2) is 24.3 Å². The maximum Gasteiger partial charge on any atom is 0.309 e. The van der Waals surface area contributed by atoms with Crippen LogP contribution in [0.1, 0.15) is 25.0 Å². The van der Waals surface area contributed by atoms with Gasteiger partial charge in [0.25, 0.3) is 0 Å². The monoisotopic (exact) mass is 328 g/mol. The summed E-state index contributed by atoms with van der Waals surface area (Å²) in [4.78, 5) is 11.2. The van der Waals surface area contributed by atoms with Crippen LogP contribution in [0.4, 0.5) is 0 Å². The molecule has 0 fully saturated rings. The first-order chi connectivity index (χ1) is 8.83. The summed E-state index contributed by atoms with van der Waals surface area (Å²) in [5, 5.41) is 9.23. The lowest BCUT2D eigenvalue weighted by Gasteiger charge is -2.25. The van der Waals surface area contributed by atoms with Gasteiger partial charge >= 0.3 is 5.97 Å². The fourth-order valence-corrected chi connectivity index (χ4v) is 2.59. The van der Waals surface area contributed by atoms with E-state index in [0.29, 0.717) is 31.1 Å². The Bertz CT molecular complexity index is 523. The van der Waals surface area contributed by atoms with E-state index < -0.39 is 11.4 Å². The average Bonchev–Trinajstić information content (AvgIpc) is 2.35. The van der Waals surface area contributed by atoms with Crippen molar-refractivity contribution in [3.05, 3.63) is 21.7 Å². The highest BCUT2D eigenvalue weighted by Crippen LogP contribution is 2.42. The Hall–Kier alpha value is -1.23. The number of carboxylic acid groups (broad SMARTS) is 1. The van der Waals surface area contributed by atoms with E-state index in [9.17, 15) is 9.90 Å². The molecule has 0 unspecified atom stereocenters. The molecule has 19 heavy (non-hydrogen) atoms. The van der Waals surface area contributed by atoms with Gasteiger partial charge in [0.2, 0.25) is 0 Å². The first kappa shape index (κ1) is 14.2. The molecule has 1 aliphatic rings. The van der Waals surface area contributed by atoms with Gasteiger partial charge in [-0.2, -0.15) is 0 Å². The molecule has 0 aliphatic carbocycles. The lowest BCUT2D eigenvalue weighted by Crippen LogP contribution is -2.27. The Morgan fingerprint density at radius 3 is 2.68 bits per heavy atom. The number of halogens is 1. The average molecular weight is 329 g/mol. The lowest BCUT2D eigenvalue weighted by atomic mass is 9.84. The summed E-state index contributed by atoms with van der Waals surface area (Å²) < 4.78 is 12.0. The zero-order valence-corrected chi connectivity index (χ0v) is 12.8. The number of hydrogen-bond donors (Lipinski definition) is 1. The van der Waals surface area contributed by atoms with E-state index in [1.165, 1.54) is 0 Å². The van der Waals surface area contributed by atoms with E-state index in [4.69, 9.17) is 9.47 Å². The maximum absolute atomic E-state index is 11.2. The van der Waals surface area contributed by atoms with E-state index in [1.54, 1.807) is 13.8 Å². The van der Waals surface area contributed by atoms with Gasteiger partial charge in [0.15, 0.2) is 11.5 Å². The van der Waals surface area contributed by atoms with Crippen LogP contribution in [0.3, 0.4) is 0 Å². The number of rotatable bonds is 3. The maximum atomic E-state index is 11.2. The molecule has 2 rings (SSSR count). The molecular weight excluding hydrogens is 312 g/mol. The number of fused-ring (bicyclic) bond motifs is 1. The third kappa shape index (κ3) is 2.71. The number of benzene rings is 1. The smallest absolute Gasteiger partial charge is 0.309 e. The molecule has 4 nitrogen and oxygen atoms in total. The minimum Gasteiger partial charge on any atom is -0.486 e. The SMILES string of the molecule is Cc1c(CC(C)(C)C(=O)O)cc2c(c1Br)OCCO2. The standard InChI is InChI=1S/C14H17BrO4/c1-8-9(7-14(2,3)13(16)17)6-10-12(11(8)15)19-5-4-18-10/h6H,4-5,7H2,1-3H3,(H,16,17). The Morgan fingerprint density at radius 2 is 2.05 bits per heavy atom. The van der Waals surface area contributed by atoms with Crippen LogP contribution >= 0.6 is 15.9 Å². The van der Waals surface area contributed by atoms with Gasteiger partial charge in [0, 0.05) is 0 Å². The molecule has 0 atom stereocenters. The van der Waals surface area contributed by atoms with Crippen LogP contribution in [-0.2, 0) is 11.2 Å². The van der Waals surface area contributed by atoms with E-state index >= 15 is 0 Å². The molecule has 1 aliphatic heterocycles. The third-order valence-electron chi connectivity index (χ3n) is 3.34. The zero-order chi connectivity index (χ0) is 14.2. The summed E-state index contributed by atoms with van der Waals surface area (Å²) in [7, 11) is 0. The summed E-state index contributed by atoms with van der Waals surface area (Å²) in [5.74, 6) is 0.582. The van der Waals surface area contributed by atoms with Crippen LogP contribution in [0.15, 0.2) is 10.5 Å². The van der Waals surface area contributed by atoms with Gasteiger partial charge < -0.3 is 14.6 Å². The zero-order valence-electron chi connectivity index (χ0n) is 11.2. The van der Waals surface area contributed by atoms with Crippen molar-refractivity contribution in [2.45, 2.75) is 27.2 Å². The first-order valence-electron chi connectivity index (χ1n) is 6.14. The lowest BCUT2D eigenvalue weighted by molar-refractivity contribution is -0.146. The molecule has 0 aromatic heterocycles. The summed E-state index contributed by atoms with van der Waals surface area (Å²) in [5.41, 5.74) is 1.15. The molecule has 104 valence electrons. The Kier molecular flexibility index (Phi) is 3.76. The topological polar surface area (TPSA) is 55.8 Å². The van der Waals surface area contributed by atoms with Crippen LogP contribution in [0.5, 0.6) is 11.5 Å². The Balaban J connectivity index is 2.42.